The number of hydrogen-bond donors (Lipinski definition) is 1. The highest BCUT2D eigenvalue weighted by molar-refractivity contribution is 7.58. The number of imide groups is 1. The van der Waals surface area contributed by atoms with Crippen LogP contribution in [-0.4, -0.2) is 52.5 Å². The fraction of sp³-hybridized carbons (Fsp3) is 0.412. The van der Waals surface area contributed by atoms with Crippen molar-refractivity contribution in [2.24, 2.45) is 0 Å². The lowest BCUT2D eigenvalue weighted by atomic mass is 10.1. The Kier molecular flexibility index (Phi) is 6.87. The SMILES string of the molecule is CC(=O)c1ccc(OCCP(=O)(O)CCC(=O)ON2C(=O)CCC2=O)cc1. The molecule has 1 unspecified atom stereocenters. The number of ketones is 1. The van der Waals surface area contributed by atoms with Gasteiger partial charge in [-0.25, -0.2) is 4.79 Å². The van der Waals surface area contributed by atoms with E-state index in [-0.39, 0.29) is 37.6 Å². The second kappa shape index (κ2) is 8.92. The van der Waals surface area contributed by atoms with E-state index in [1.54, 1.807) is 24.3 Å². The summed E-state index contributed by atoms with van der Waals surface area (Å²) in [6.07, 6.45) is -0.978. The van der Waals surface area contributed by atoms with Crippen molar-refractivity contribution in [2.75, 3.05) is 18.9 Å². The smallest absolute Gasteiger partial charge is 0.333 e. The average Bonchev–Trinajstić information content (AvgIpc) is 2.92. The number of nitrogens with zero attached hydrogens (tertiary/aromatic N) is 1. The number of benzene rings is 1. The first-order chi connectivity index (χ1) is 12.7. The van der Waals surface area contributed by atoms with E-state index < -0.39 is 31.6 Å². The van der Waals surface area contributed by atoms with Crippen LogP contribution in [0.2, 0.25) is 0 Å². The first-order valence-corrected chi connectivity index (χ1v) is 10.3. The zero-order valence-corrected chi connectivity index (χ0v) is 15.6. The summed E-state index contributed by atoms with van der Waals surface area (Å²) >= 11 is 0. The summed E-state index contributed by atoms with van der Waals surface area (Å²) in [7, 11) is -3.65. The Hall–Kier alpha value is -2.51. The maximum absolute atomic E-state index is 12.1. The first kappa shape index (κ1) is 20.8. The van der Waals surface area contributed by atoms with Gasteiger partial charge in [-0.2, -0.15) is 0 Å². The molecule has 1 saturated heterocycles. The second-order valence-corrected chi connectivity index (χ2v) is 8.60. The topological polar surface area (TPSA) is 127 Å². The summed E-state index contributed by atoms with van der Waals surface area (Å²) in [5.41, 5.74) is 0.531. The molecule has 0 spiro atoms. The third kappa shape index (κ3) is 6.30. The number of carbonyl (C=O) groups excluding carboxylic acids is 4. The molecule has 27 heavy (non-hydrogen) atoms. The predicted molar refractivity (Wildman–Crippen MR) is 93.3 cm³/mol. The van der Waals surface area contributed by atoms with Gasteiger partial charge in [-0.15, -0.1) is 5.06 Å². The molecule has 0 aliphatic carbocycles. The monoisotopic (exact) mass is 397 g/mol. The van der Waals surface area contributed by atoms with E-state index in [9.17, 15) is 28.6 Å². The summed E-state index contributed by atoms with van der Waals surface area (Å²) in [4.78, 5) is 60.1. The molecule has 2 rings (SSSR count). The van der Waals surface area contributed by atoms with Gasteiger partial charge in [-0.1, -0.05) is 0 Å². The molecule has 9 nitrogen and oxygen atoms in total. The van der Waals surface area contributed by atoms with Gasteiger partial charge in [0.2, 0.25) is 7.37 Å². The quantitative estimate of drug-likeness (QED) is 0.378. The summed E-state index contributed by atoms with van der Waals surface area (Å²) in [5, 5.41) is 0.401. The molecule has 0 saturated carbocycles. The largest absolute Gasteiger partial charge is 0.493 e. The summed E-state index contributed by atoms with van der Waals surface area (Å²) < 4.78 is 17.5. The van der Waals surface area contributed by atoms with E-state index in [1.807, 2.05) is 0 Å². The molecular weight excluding hydrogens is 377 g/mol. The third-order valence-electron chi connectivity index (χ3n) is 3.83. The zero-order chi connectivity index (χ0) is 20.0. The molecule has 10 heteroatoms. The lowest BCUT2D eigenvalue weighted by molar-refractivity contribution is -0.197. The van der Waals surface area contributed by atoms with Crippen molar-refractivity contribution >= 4 is 30.9 Å². The first-order valence-electron chi connectivity index (χ1n) is 8.29. The van der Waals surface area contributed by atoms with Gasteiger partial charge in [0.1, 0.15) is 5.75 Å². The maximum atomic E-state index is 12.1. The number of amides is 2. The van der Waals surface area contributed by atoms with Crippen molar-refractivity contribution in [3.63, 3.8) is 0 Å². The highest BCUT2D eigenvalue weighted by atomic mass is 31.2. The Balaban J connectivity index is 1.73. The maximum Gasteiger partial charge on any atom is 0.333 e. The summed E-state index contributed by atoms with van der Waals surface area (Å²) in [6, 6.07) is 6.35. The molecule has 2 amide bonds. The molecule has 1 aromatic rings. The van der Waals surface area contributed by atoms with E-state index in [0.29, 0.717) is 16.4 Å². The number of hydrogen-bond acceptors (Lipinski definition) is 7. The van der Waals surface area contributed by atoms with Crippen LogP contribution in [0.15, 0.2) is 24.3 Å². The molecule has 146 valence electrons. The Bertz CT molecular complexity index is 773. The van der Waals surface area contributed by atoms with E-state index in [1.165, 1.54) is 6.92 Å². The Morgan fingerprint density at radius 2 is 1.70 bits per heavy atom. The Morgan fingerprint density at radius 3 is 2.26 bits per heavy atom. The van der Waals surface area contributed by atoms with Crippen LogP contribution >= 0.6 is 7.37 Å². The normalized spacial score (nSPS) is 16.1. The van der Waals surface area contributed by atoms with E-state index in [2.05, 4.69) is 4.84 Å². The number of rotatable bonds is 9. The van der Waals surface area contributed by atoms with Crippen LogP contribution < -0.4 is 4.74 Å². The number of carbonyl (C=O) groups is 4. The molecule has 1 aliphatic heterocycles. The van der Waals surface area contributed by atoms with Crippen molar-refractivity contribution in [1.29, 1.82) is 0 Å². The highest BCUT2D eigenvalue weighted by Crippen LogP contribution is 2.40. The zero-order valence-electron chi connectivity index (χ0n) is 14.8. The van der Waals surface area contributed by atoms with Crippen molar-refractivity contribution < 1.29 is 38.2 Å². The van der Waals surface area contributed by atoms with Crippen LogP contribution in [0.4, 0.5) is 0 Å². The predicted octanol–water partition coefficient (Wildman–Crippen LogP) is 1.54. The fourth-order valence-electron chi connectivity index (χ4n) is 2.28. The molecule has 1 aromatic carbocycles. The minimum atomic E-state index is -3.65. The van der Waals surface area contributed by atoms with Crippen LogP contribution in [0.5, 0.6) is 5.75 Å². The van der Waals surface area contributed by atoms with Gasteiger partial charge in [0.25, 0.3) is 11.8 Å². The molecule has 1 atom stereocenters. The molecule has 0 aromatic heterocycles. The summed E-state index contributed by atoms with van der Waals surface area (Å²) in [6.45, 7) is 1.39. The van der Waals surface area contributed by atoms with Gasteiger partial charge < -0.3 is 14.5 Å². The molecule has 1 heterocycles. The van der Waals surface area contributed by atoms with Crippen LogP contribution in [0, 0.1) is 0 Å². The van der Waals surface area contributed by atoms with Gasteiger partial charge >= 0.3 is 5.97 Å². The van der Waals surface area contributed by atoms with Gasteiger partial charge in [0.05, 0.1) is 19.2 Å². The molecule has 1 aliphatic rings. The standard InChI is InChI=1S/C17H20NO8P/c1-12(19)13-2-4-14(5-3-13)25-9-11-27(23,24)10-8-17(22)26-18-15(20)6-7-16(18)21/h2-5H,6-11H2,1H3,(H,23,24). The van der Waals surface area contributed by atoms with Gasteiger partial charge in [-0.3, -0.25) is 18.9 Å². The third-order valence-corrected chi connectivity index (χ3v) is 5.64. The van der Waals surface area contributed by atoms with Crippen molar-refractivity contribution in [2.45, 2.75) is 26.2 Å². The molecule has 1 fully saturated rings. The Morgan fingerprint density at radius 1 is 1.11 bits per heavy atom. The minimum absolute atomic E-state index is 0.0185. The molecule has 0 radical (unpaired) electrons. The number of ether oxygens (including phenoxy) is 1. The van der Waals surface area contributed by atoms with Crippen molar-refractivity contribution in [1.82, 2.24) is 5.06 Å². The summed E-state index contributed by atoms with van der Waals surface area (Å²) in [5.74, 6) is -1.76. The molecular formula is C17H20NO8P. The number of Topliss-reactive ketones (excluding diaryl/α,β-unsaturated/α-hetero) is 1. The van der Waals surface area contributed by atoms with Crippen LogP contribution in [0.1, 0.15) is 36.5 Å². The molecule has 1 N–H and O–H groups in total. The van der Waals surface area contributed by atoms with E-state index >= 15 is 0 Å². The Labute approximate surface area is 155 Å². The van der Waals surface area contributed by atoms with Crippen molar-refractivity contribution in [3.8, 4) is 5.75 Å². The molecule has 0 bridgehead atoms. The number of hydroxylamine groups is 2. The lowest BCUT2D eigenvalue weighted by Gasteiger charge is -2.14. The second-order valence-electron chi connectivity index (χ2n) is 6.02. The van der Waals surface area contributed by atoms with Crippen LogP contribution in [0.25, 0.3) is 0 Å². The highest BCUT2D eigenvalue weighted by Gasteiger charge is 2.33. The van der Waals surface area contributed by atoms with E-state index in [4.69, 9.17) is 4.74 Å². The van der Waals surface area contributed by atoms with Gasteiger partial charge in [0, 0.05) is 24.6 Å². The lowest BCUT2D eigenvalue weighted by Crippen LogP contribution is -2.32. The fourth-order valence-corrected chi connectivity index (χ4v) is 3.41. The van der Waals surface area contributed by atoms with Crippen LogP contribution in [-0.2, 0) is 23.8 Å². The van der Waals surface area contributed by atoms with E-state index in [0.717, 1.165) is 0 Å². The van der Waals surface area contributed by atoms with Crippen molar-refractivity contribution in [3.05, 3.63) is 29.8 Å². The minimum Gasteiger partial charge on any atom is -0.493 e. The van der Waals surface area contributed by atoms with Gasteiger partial charge in [-0.05, 0) is 31.2 Å². The van der Waals surface area contributed by atoms with Gasteiger partial charge in [0.15, 0.2) is 5.78 Å². The average molecular weight is 397 g/mol. The van der Waals surface area contributed by atoms with Crippen LogP contribution in [0.3, 0.4) is 0 Å².